The van der Waals surface area contributed by atoms with Crippen molar-refractivity contribution in [2.45, 2.75) is 52.1 Å². The monoisotopic (exact) mass is 410 g/mol. The molecule has 0 saturated carbocycles. The molecule has 6 heteroatoms. The molecule has 2 rings (SSSR count). The molecule has 2 aromatic carbocycles. The summed E-state index contributed by atoms with van der Waals surface area (Å²) in [5, 5.41) is 14.4. The fourth-order valence-electron chi connectivity index (χ4n) is 3.02. The van der Waals surface area contributed by atoms with Crippen LogP contribution in [0.1, 0.15) is 37.0 Å². The van der Waals surface area contributed by atoms with Gasteiger partial charge >= 0.3 is 5.97 Å². The molecule has 2 amide bonds. The third-order valence-corrected chi connectivity index (χ3v) is 5.08. The lowest BCUT2D eigenvalue weighted by Crippen LogP contribution is -2.52. The van der Waals surface area contributed by atoms with E-state index in [2.05, 4.69) is 10.6 Å². The first-order chi connectivity index (χ1) is 14.3. The van der Waals surface area contributed by atoms with Crippen LogP contribution in [-0.4, -0.2) is 35.0 Å². The van der Waals surface area contributed by atoms with Gasteiger partial charge in [0.25, 0.3) is 0 Å². The van der Waals surface area contributed by atoms with Gasteiger partial charge < -0.3 is 15.7 Å². The smallest absolute Gasteiger partial charge is 0.325 e. The highest BCUT2D eigenvalue weighted by Crippen LogP contribution is 2.12. The molecule has 0 unspecified atom stereocenters. The van der Waals surface area contributed by atoms with Crippen molar-refractivity contribution in [2.24, 2.45) is 5.92 Å². The van der Waals surface area contributed by atoms with Crippen LogP contribution < -0.4 is 10.6 Å². The van der Waals surface area contributed by atoms with Crippen LogP contribution in [0.5, 0.6) is 0 Å². The summed E-state index contributed by atoms with van der Waals surface area (Å²) in [5.41, 5.74) is 3.14. The van der Waals surface area contributed by atoms with Gasteiger partial charge in [0.05, 0.1) is 0 Å². The molecule has 2 aromatic rings. The van der Waals surface area contributed by atoms with Crippen LogP contribution in [0, 0.1) is 12.8 Å². The lowest BCUT2D eigenvalue weighted by molar-refractivity contribution is -0.141. The van der Waals surface area contributed by atoms with Gasteiger partial charge in [-0.15, -0.1) is 0 Å². The Bertz CT molecular complexity index is 849. The number of carbonyl (C=O) groups is 3. The number of aliphatic carboxylic acids is 1. The maximum absolute atomic E-state index is 12.7. The van der Waals surface area contributed by atoms with E-state index in [1.807, 2.05) is 68.4 Å². The van der Waals surface area contributed by atoms with Gasteiger partial charge in [0.1, 0.15) is 12.1 Å². The molecular formula is C24H30N2O4. The van der Waals surface area contributed by atoms with Gasteiger partial charge in [0, 0.05) is 12.3 Å². The fourth-order valence-corrected chi connectivity index (χ4v) is 3.02. The summed E-state index contributed by atoms with van der Waals surface area (Å²) >= 11 is 0. The van der Waals surface area contributed by atoms with E-state index < -0.39 is 24.0 Å². The summed E-state index contributed by atoms with van der Waals surface area (Å²) in [6, 6.07) is 15.7. The number of aryl methyl sites for hydroxylation is 2. The summed E-state index contributed by atoms with van der Waals surface area (Å²) in [6.45, 7) is 5.20. The van der Waals surface area contributed by atoms with Crippen LogP contribution in [0.15, 0.2) is 54.6 Å². The first kappa shape index (κ1) is 23.1. The number of benzene rings is 2. The standard InChI is InChI=1S/C24H30N2O4/c1-16-9-12-20(13-10-16)15-21(23(28)25-18(3)24(29)30)26-22(27)17(2)11-14-19-7-5-4-6-8-19/h4-10,12-13,17-18,21H,11,14-15H2,1-3H3,(H,25,28)(H,26,27)(H,29,30)/t17-,18+,21+/m1/s1. The maximum Gasteiger partial charge on any atom is 0.325 e. The number of hydrogen-bond donors (Lipinski definition) is 3. The van der Waals surface area contributed by atoms with E-state index >= 15 is 0 Å². The fraction of sp³-hybridized carbons (Fsp3) is 0.375. The van der Waals surface area contributed by atoms with Gasteiger partial charge in [-0.25, -0.2) is 0 Å². The minimum Gasteiger partial charge on any atom is -0.480 e. The Morgan fingerprint density at radius 1 is 0.867 bits per heavy atom. The van der Waals surface area contributed by atoms with E-state index in [9.17, 15) is 14.4 Å². The van der Waals surface area contributed by atoms with Gasteiger partial charge in [0.2, 0.25) is 11.8 Å². The highest BCUT2D eigenvalue weighted by molar-refractivity contribution is 5.91. The first-order valence-electron chi connectivity index (χ1n) is 10.2. The molecule has 160 valence electrons. The Hall–Kier alpha value is -3.15. The van der Waals surface area contributed by atoms with Crippen molar-refractivity contribution in [3.63, 3.8) is 0 Å². The average Bonchev–Trinajstić information content (AvgIpc) is 2.73. The zero-order valence-electron chi connectivity index (χ0n) is 17.7. The topological polar surface area (TPSA) is 95.5 Å². The second kappa shape index (κ2) is 11.1. The molecule has 0 bridgehead atoms. The molecule has 0 aromatic heterocycles. The first-order valence-corrected chi connectivity index (χ1v) is 10.2. The number of hydrogen-bond acceptors (Lipinski definition) is 3. The highest BCUT2D eigenvalue weighted by Gasteiger charge is 2.26. The van der Waals surface area contributed by atoms with E-state index in [1.165, 1.54) is 6.92 Å². The van der Waals surface area contributed by atoms with Crippen molar-refractivity contribution < 1.29 is 19.5 Å². The zero-order chi connectivity index (χ0) is 22.1. The van der Waals surface area contributed by atoms with Gasteiger partial charge in [-0.05, 0) is 37.8 Å². The maximum atomic E-state index is 12.7. The van der Waals surface area contributed by atoms with Gasteiger partial charge in [-0.3, -0.25) is 14.4 Å². The SMILES string of the molecule is Cc1ccc(C[C@H](NC(=O)[C@H](C)CCc2ccccc2)C(=O)N[C@@H](C)C(=O)O)cc1. The molecule has 3 N–H and O–H groups in total. The van der Waals surface area contributed by atoms with Crippen LogP contribution >= 0.6 is 0 Å². The summed E-state index contributed by atoms with van der Waals surface area (Å²) in [4.78, 5) is 36.5. The largest absolute Gasteiger partial charge is 0.480 e. The molecular weight excluding hydrogens is 380 g/mol. The number of carbonyl (C=O) groups excluding carboxylic acids is 2. The van der Waals surface area contributed by atoms with Crippen LogP contribution in [-0.2, 0) is 27.2 Å². The third-order valence-electron chi connectivity index (χ3n) is 5.08. The van der Waals surface area contributed by atoms with Crippen LogP contribution in [0.25, 0.3) is 0 Å². The highest BCUT2D eigenvalue weighted by atomic mass is 16.4. The van der Waals surface area contributed by atoms with Crippen molar-refractivity contribution >= 4 is 17.8 Å². The summed E-state index contributed by atoms with van der Waals surface area (Å²) in [6.07, 6.45) is 1.70. The molecule has 30 heavy (non-hydrogen) atoms. The van der Waals surface area contributed by atoms with Crippen molar-refractivity contribution in [3.8, 4) is 0 Å². The second-order valence-corrected chi connectivity index (χ2v) is 7.74. The Morgan fingerprint density at radius 2 is 1.50 bits per heavy atom. The van der Waals surface area contributed by atoms with Crippen LogP contribution in [0.3, 0.4) is 0 Å². The molecule has 0 spiro atoms. The Balaban J connectivity index is 2.04. The Kier molecular flexibility index (Phi) is 8.59. The van der Waals surface area contributed by atoms with Crippen molar-refractivity contribution in [1.82, 2.24) is 10.6 Å². The van der Waals surface area contributed by atoms with E-state index in [0.29, 0.717) is 6.42 Å². The Labute approximate surface area is 177 Å². The molecule has 0 radical (unpaired) electrons. The number of carboxylic acid groups (broad SMARTS) is 1. The van der Waals surface area contributed by atoms with E-state index in [0.717, 1.165) is 23.1 Å². The summed E-state index contributed by atoms with van der Waals surface area (Å²) in [7, 11) is 0. The molecule has 0 aliphatic rings. The zero-order valence-corrected chi connectivity index (χ0v) is 17.7. The molecule has 6 nitrogen and oxygen atoms in total. The van der Waals surface area contributed by atoms with E-state index in [-0.39, 0.29) is 18.2 Å². The van der Waals surface area contributed by atoms with E-state index in [1.54, 1.807) is 0 Å². The average molecular weight is 411 g/mol. The number of nitrogens with one attached hydrogen (secondary N) is 2. The van der Waals surface area contributed by atoms with Crippen LogP contribution in [0.2, 0.25) is 0 Å². The second-order valence-electron chi connectivity index (χ2n) is 7.74. The van der Waals surface area contributed by atoms with E-state index in [4.69, 9.17) is 5.11 Å². The van der Waals surface area contributed by atoms with Gasteiger partial charge in [-0.1, -0.05) is 67.1 Å². The van der Waals surface area contributed by atoms with Crippen molar-refractivity contribution in [2.75, 3.05) is 0 Å². The third kappa shape index (κ3) is 7.35. The molecule has 0 aliphatic carbocycles. The number of amides is 2. The molecule has 0 aliphatic heterocycles. The molecule has 3 atom stereocenters. The number of rotatable bonds is 10. The minimum atomic E-state index is -1.13. The molecule has 0 saturated heterocycles. The normalized spacial score (nSPS) is 13.7. The quantitative estimate of drug-likeness (QED) is 0.561. The van der Waals surface area contributed by atoms with Crippen LogP contribution in [0.4, 0.5) is 0 Å². The predicted octanol–water partition coefficient (Wildman–Crippen LogP) is 2.88. The predicted molar refractivity (Wildman–Crippen MR) is 116 cm³/mol. The molecule has 0 fully saturated rings. The lowest BCUT2D eigenvalue weighted by Gasteiger charge is -2.22. The minimum absolute atomic E-state index is 0.221. The lowest BCUT2D eigenvalue weighted by atomic mass is 9.98. The Morgan fingerprint density at radius 3 is 2.10 bits per heavy atom. The summed E-state index contributed by atoms with van der Waals surface area (Å²) in [5.74, 6) is -2.13. The van der Waals surface area contributed by atoms with Gasteiger partial charge in [0.15, 0.2) is 0 Å². The summed E-state index contributed by atoms with van der Waals surface area (Å²) < 4.78 is 0. The van der Waals surface area contributed by atoms with Gasteiger partial charge in [-0.2, -0.15) is 0 Å². The number of carboxylic acids is 1. The molecule has 0 heterocycles. The van der Waals surface area contributed by atoms with Crippen molar-refractivity contribution in [3.05, 3.63) is 71.3 Å². The van der Waals surface area contributed by atoms with Crippen molar-refractivity contribution in [1.29, 1.82) is 0 Å².